The van der Waals surface area contributed by atoms with Crippen molar-refractivity contribution in [3.05, 3.63) is 89.7 Å². The molecule has 28 heavy (non-hydrogen) atoms. The fourth-order valence-electron chi connectivity index (χ4n) is 3.27. The molecule has 1 N–H and O–H groups in total. The molecule has 2 heterocycles. The predicted octanol–water partition coefficient (Wildman–Crippen LogP) is 2.76. The van der Waals surface area contributed by atoms with Crippen molar-refractivity contribution < 1.29 is 13.2 Å². The molecular weight excluding hydrogens is 374 g/mol. The van der Waals surface area contributed by atoms with Crippen molar-refractivity contribution in [1.82, 2.24) is 10.3 Å². The maximum atomic E-state index is 13.1. The second-order valence-electron chi connectivity index (χ2n) is 6.53. The van der Waals surface area contributed by atoms with E-state index in [1.54, 1.807) is 30.6 Å². The summed E-state index contributed by atoms with van der Waals surface area (Å²) in [6.45, 7) is 0.724. The third-order valence-corrected chi connectivity index (χ3v) is 6.51. The van der Waals surface area contributed by atoms with Crippen molar-refractivity contribution in [2.45, 2.75) is 17.9 Å². The maximum absolute atomic E-state index is 13.1. The molecule has 0 bridgehead atoms. The van der Waals surface area contributed by atoms with Gasteiger partial charge in [-0.15, -0.1) is 0 Å². The second kappa shape index (κ2) is 7.44. The van der Waals surface area contributed by atoms with Gasteiger partial charge in [0.25, 0.3) is 15.9 Å². The molecule has 0 saturated heterocycles. The molecule has 7 heteroatoms. The molecule has 2 aromatic carbocycles. The number of amides is 1. The van der Waals surface area contributed by atoms with Gasteiger partial charge >= 0.3 is 0 Å². The molecule has 142 valence electrons. The van der Waals surface area contributed by atoms with Gasteiger partial charge in [0.1, 0.15) is 0 Å². The summed E-state index contributed by atoms with van der Waals surface area (Å²) < 4.78 is 27.7. The summed E-state index contributed by atoms with van der Waals surface area (Å²) in [6, 6.07) is 17.3. The number of aromatic nitrogens is 1. The highest BCUT2D eigenvalue weighted by Gasteiger charge is 2.30. The first-order chi connectivity index (χ1) is 13.6. The van der Waals surface area contributed by atoms with Crippen LogP contribution in [0, 0.1) is 0 Å². The third-order valence-electron chi connectivity index (χ3n) is 4.70. The van der Waals surface area contributed by atoms with Gasteiger partial charge in [-0.25, -0.2) is 8.42 Å². The van der Waals surface area contributed by atoms with E-state index in [4.69, 9.17) is 0 Å². The lowest BCUT2D eigenvalue weighted by molar-refractivity contribution is 0.0950. The van der Waals surface area contributed by atoms with Crippen LogP contribution in [-0.2, 0) is 23.0 Å². The Labute approximate surface area is 163 Å². The van der Waals surface area contributed by atoms with Crippen LogP contribution in [-0.4, -0.2) is 25.9 Å². The first-order valence-electron chi connectivity index (χ1n) is 8.93. The van der Waals surface area contributed by atoms with Crippen LogP contribution in [0.2, 0.25) is 0 Å². The molecule has 0 atom stereocenters. The quantitative estimate of drug-likeness (QED) is 0.723. The van der Waals surface area contributed by atoms with Crippen LogP contribution in [0.15, 0.2) is 78.0 Å². The molecular formula is C21H19N3O3S. The minimum Gasteiger partial charge on any atom is -0.348 e. The molecule has 0 radical (unpaired) electrons. The molecule has 3 aromatic rings. The summed E-state index contributed by atoms with van der Waals surface area (Å²) in [4.78, 5) is 16.6. The number of nitrogens with one attached hydrogen (secondary N) is 1. The van der Waals surface area contributed by atoms with E-state index >= 15 is 0 Å². The molecule has 1 aliphatic heterocycles. The highest BCUT2D eigenvalue weighted by molar-refractivity contribution is 7.92. The number of anilines is 1. The van der Waals surface area contributed by atoms with E-state index < -0.39 is 10.0 Å². The predicted molar refractivity (Wildman–Crippen MR) is 107 cm³/mol. The average molecular weight is 393 g/mol. The Hall–Kier alpha value is -3.19. The molecule has 0 unspecified atom stereocenters. The van der Waals surface area contributed by atoms with Gasteiger partial charge in [0, 0.05) is 31.0 Å². The van der Waals surface area contributed by atoms with Crippen LogP contribution in [0.3, 0.4) is 0 Å². The summed E-state index contributed by atoms with van der Waals surface area (Å²) >= 11 is 0. The number of fused-ring (bicyclic) bond motifs is 1. The van der Waals surface area contributed by atoms with Gasteiger partial charge in [-0.3, -0.25) is 14.1 Å². The normalized spacial score (nSPS) is 13.2. The molecule has 0 fully saturated rings. The van der Waals surface area contributed by atoms with E-state index in [-0.39, 0.29) is 10.8 Å². The summed E-state index contributed by atoms with van der Waals surface area (Å²) in [7, 11) is -3.73. The Morgan fingerprint density at radius 2 is 1.93 bits per heavy atom. The highest BCUT2D eigenvalue weighted by atomic mass is 32.2. The Kier molecular flexibility index (Phi) is 4.83. The number of carbonyl (C=O) groups is 1. The van der Waals surface area contributed by atoms with Crippen LogP contribution in [0.4, 0.5) is 5.69 Å². The number of para-hydroxylation sites is 1. The zero-order valence-corrected chi connectivity index (χ0v) is 15.9. The number of pyridine rings is 1. The van der Waals surface area contributed by atoms with Crippen LogP contribution in [0.25, 0.3) is 0 Å². The zero-order chi connectivity index (χ0) is 19.6. The Morgan fingerprint density at radius 1 is 1.07 bits per heavy atom. The van der Waals surface area contributed by atoms with Gasteiger partial charge in [0.15, 0.2) is 0 Å². The standard InChI is InChI=1S/C21H19N3O3S/c25-21(23-15-16-5-4-11-22-14-16)18-7-3-8-19(13-18)28(26,27)24-12-10-17-6-1-2-9-20(17)24/h1-9,11,13-14H,10,12,15H2,(H,23,25). The number of carbonyl (C=O) groups excluding carboxylic acids is 1. The summed E-state index contributed by atoms with van der Waals surface area (Å²) in [5.74, 6) is -0.331. The van der Waals surface area contributed by atoms with E-state index in [9.17, 15) is 13.2 Å². The van der Waals surface area contributed by atoms with Gasteiger partial charge in [-0.05, 0) is 47.9 Å². The topological polar surface area (TPSA) is 79.4 Å². The van der Waals surface area contributed by atoms with E-state index in [0.29, 0.717) is 30.8 Å². The van der Waals surface area contributed by atoms with Crippen molar-refractivity contribution in [2.24, 2.45) is 0 Å². The van der Waals surface area contributed by atoms with E-state index in [1.165, 1.54) is 16.4 Å². The lowest BCUT2D eigenvalue weighted by Gasteiger charge is -2.20. The minimum atomic E-state index is -3.73. The Balaban J connectivity index is 1.56. The van der Waals surface area contributed by atoms with E-state index in [2.05, 4.69) is 10.3 Å². The maximum Gasteiger partial charge on any atom is 0.264 e. The number of benzene rings is 2. The van der Waals surface area contributed by atoms with Crippen molar-refractivity contribution in [2.75, 3.05) is 10.8 Å². The Bertz CT molecular complexity index is 1110. The molecule has 6 nitrogen and oxygen atoms in total. The molecule has 0 spiro atoms. The lowest BCUT2D eigenvalue weighted by atomic mass is 10.2. The smallest absolute Gasteiger partial charge is 0.264 e. The van der Waals surface area contributed by atoms with Gasteiger partial charge in [0.2, 0.25) is 0 Å². The van der Waals surface area contributed by atoms with E-state index in [0.717, 1.165) is 11.1 Å². The minimum absolute atomic E-state index is 0.109. The number of nitrogens with zero attached hydrogens (tertiary/aromatic N) is 2. The van der Waals surface area contributed by atoms with Crippen LogP contribution in [0.1, 0.15) is 21.5 Å². The van der Waals surface area contributed by atoms with Gasteiger partial charge < -0.3 is 5.32 Å². The molecule has 0 saturated carbocycles. The summed E-state index contributed by atoms with van der Waals surface area (Å²) in [6.07, 6.45) is 4.02. The van der Waals surface area contributed by atoms with Gasteiger partial charge in [-0.2, -0.15) is 0 Å². The van der Waals surface area contributed by atoms with Crippen molar-refractivity contribution in [1.29, 1.82) is 0 Å². The van der Waals surface area contributed by atoms with Crippen LogP contribution < -0.4 is 9.62 Å². The summed E-state index contributed by atoms with van der Waals surface area (Å²) in [5, 5.41) is 2.79. The van der Waals surface area contributed by atoms with E-state index in [1.807, 2.05) is 30.3 Å². The first kappa shape index (κ1) is 18.2. The van der Waals surface area contributed by atoms with Crippen LogP contribution in [0.5, 0.6) is 0 Å². The molecule has 1 amide bonds. The number of rotatable bonds is 5. The lowest BCUT2D eigenvalue weighted by Crippen LogP contribution is -2.29. The molecule has 1 aromatic heterocycles. The van der Waals surface area contributed by atoms with Gasteiger partial charge in [0.05, 0.1) is 10.6 Å². The fraction of sp³-hybridized carbons (Fsp3) is 0.143. The fourth-order valence-corrected chi connectivity index (χ4v) is 4.82. The summed E-state index contributed by atoms with van der Waals surface area (Å²) in [5.41, 5.74) is 2.89. The van der Waals surface area contributed by atoms with Gasteiger partial charge in [-0.1, -0.05) is 30.3 Å². The largest absolute Gasteiger partial charge is 0.348 e. The van der Waals surface area contributed by atoms with Crippen molar-refractivity contribution >= 4 is 21.6 Å². The van der Waals surface area contributed by atoms with Crippen molar-refractivity contribution in [3.63, 3.8) is 0 Å². The zero-order valence-electron chi connectivity index (χ0n) is 15.1. The molecule has 4 rings (SSSR count). The number of hydrogen-bond donors (Lipinski definition) is 1. The SMILES string of the molecule is O=C(NCc1cccnc1)c1cccc(S(=O)(=O)N2CCc3ccccc32)c1. The molecule has 1 aliphatic rings. The highest BCUT2D eigenvalue weighted by Crippen LogP contribution is 2.32. The monoisotopic (exact) mass is 393 g/mol. The third kappa shape index (κ3) is 3.48. The second-order valence-corrected chi connectivity index (χ2v) is 8.39. The van der Waals surface area contributed by atoms with Crippen molar-refractivity contribution in [3.8, 4) is 0 Å². The first-order valence-corrected chi connectivity index (χ1v) is 10.4. The average Bonchev–Trinajstić information content (AvgIpc) is 3.18. The number of sulfonamides is 1. The molecule has 0 aliphatic carbocycles. The number of hydrogen-bond acceptors (Lipinski definition) is 4. The van der Waals surface area contributed by atoms with Crippen LogP contribution >= 0.6 is 0 Å². The Morgan fingerprint density at radius 3 is 2.75 bits per heavy atom.